The fourth-order valence-corrected chi connectivity index (χ4v) is 1.74. The second-order valence-corrected chi connectivity index (χ2v) is 4.60. The molecule has 0 saturated carbocycles. The van der Waals surface area contributed by atoms with E-state index >= 15 is 0 Å². The molecule has 1 aromatic rings. The first-order valence-electron chi connectivity index (χ1n) is 5.32. The first kappa shape index (κ1) is 14.4. The van der Waals surface area contributed by atoms with Crippen molar-refractivity contribution in [1.82, 2.24) is 9.88 Å². The van der Waals surface area contributed by atoms with Gasteiger partial charge in [0.05, 0.1) is 0 Å². The molecule has 0 spiro atoms. The van der Waals surface area contributed by atoms with Gasteiger partial charge in [-0.2, -0.15) is 0 Å². The normalized spacial score (nSPS) is 11.9. The third-order valence-corrected chi connectivity index (χ3v) is 2.77. The first-order chi connectivity index (χ1) is 8.43. The van der Waals surface area contributed by atoms with Crippen LogP contribution in [0.5, 0.6) is 0 Å². The van der Waals surface area contributed by atoms with Gasteiger partial charge in [-0.05, 0) is 28.4 Å². The highest BCUT2D eigenvalue weighted by molar-refractivity contribution is 9.10. The van der Waals surface area contributed by atoms with E-state index < -0.39 is 17.9 Å². The average Bonchev–Trinajstić information content (AvgIpc) is 2.30. The molecule has 0 radical (unpaired) electrons. The minimum atomic E-state index is -1.09. The van der Waals surface area contributed by atoms with Crippen molar-refractivity contribution in [2.24, 2.45) is 0 Å². The Morgan fingerprint density at radius 1 is 1.50 bits per heavy atom. The van der Waals surface area contributed by atoms with E-state index in [2.05, 4.69) is 21.2 Å². The van der Waals surface area contributed by atoms with Gasteiger partial charge >= 0.3 is 5.97 Å². The summed E-state index contributed by atoms with van der Waals surface area (Å²) in [7, 11) is 0. The van der Waals surface area contributed by atoms with Crippen LogP contribution in [-0.4, -0.2) is 27.6 Å². The van der Waals surface area contributed by atoms with Crippen LogP contribution >= 0.6 is 15.9 Å². The van der Waals surface area contributed by atoms with E-state index in [4.69, 9.17) is 5.11 Å². The summed E-state index contributed by atoms with van der Waals surface area (Å²) in [4.78, 5) is 33.8. The summed E-state index contributed by atoms with van der Waals surface area (Å²) in [6.07, 6.45) is 1.76. The van der Waals surface area contributed by atoms with Gasteiger partial charge in [-0.3, -0.25) is 9.59 Å². The number of carbonyl (C=O) groups is 2. The summed E-state index contributed by atoms with van der Waals surface area (Å²) in [6.45, 7) is 1.45. The van der Waals surface area contributed by atoms with Crippen LogP contribution in [0.2, 0.25) is 0 Å². The standard InChI is InChI=1S/C11H13BrN2O4/c1-2-8(11(17)18)13-9(15)6-14-5-7(12)3-4-10(14)16/h3-5,8H,2,6H2,1H3,(H,13,15)(H,17,18). The smallest absolute Gasteiger partial charge is 0.326 e. The van der Waals surface area contributed by atoms with Crippen molar-refractivity contribution in [2.45, 2.75) is 25.9 Å². The summed E-state index contributed by atoms with van der Waals surface area (Å²) in [5.74, 6) is -1.60. The monoisotopic (exact) mass is 316 g/mol. The molecule has 0 bridgehead atoms. The van der Waals surface area contributed by atoms with Gasteiger partial charge in [0.25, 0.3) is 5.56 Å². The zero-order valence-corrected chi connectivity index (χ0v) is 11.3. The maximum atomic E-state index is 11.6. The second-order valence-electron chi connectivity index (χ2n) is 3.68. The van der Waals surface area contributed by atoms with Gasteiger partial charge in [-0.25, -0.2) is 4.79 Å². The van der Waals surface area contributed by atoms with Crippen LogP contribution < -0.4 is 10.9 Å². The van der Waals surface area contributed by atoms with Crippen LogP contribution in [0, 0.1) is 0 Å². The number of carbonyl (C=O) groups excluding carboxylic acids is 1. The Balaban J connectivity index is 2.73. The molecule has 18 heavy (non-hydrogen) atoms. The van der Waals surface area contributed by atoms with Crippen LogP contribution in [0.4, 0.5) is 0 Å². The second kappa shape index (κ2) is 6.34. The molecular weight excluding hydrogens is 304 g/mol. The number of nitrogens with zero attached hydrogens (tertiary/aromatic N) is 1. The molecule has 1 unspecified atom stereocenters. The van der Waals surface area contributed by atoms with Gasteiger partial charge in [0.2, 0.25) is 5.91 Å². The minimum absolute atomic E-state index is 0.206. The quantitative estimate of drug-likeness (QED) is 0.832. The summed E-state index contributed by atoms with van der Waals surface area (Å²) < 4.78 is 1.87. The number of aliphatic carboxylic acids is 1. The molecule has 1 aromatic heterocycles. The predicted octanol–water partition coefficient (Wildman–Crippen LogP) is 0.590. The van der Waals surface area contributed by atoms with E-state index in [0.29, 0.717) is 4.47 Å². The van der Waals surface area contributed by atoms with Crippen molar-refractivity contribution in [2.75, 3.05) is 0 Å². The van der Waals surface area contributed by atoms with E-state index in [1.165, 1.54) is 16.8 Å². The molecule has 1 atom stereocenters. The molecule has 98 valence electrons. The molecule has 0 aromatic carbocycles. The van der Waals surface area contributed by atoms with Crippen molar-refractivity contribution in [3.63, 3.8) is 0 Å². The Labute approximate surface area is 112 Å². The number of nitrogens with one attached hydrogen (secondary N) is 1. The van der Waals surface area contributed by atoms with Gasteiger partial charge in [0.15, 0.2) is 0 Å². The summed E-state index contributed by atoms with van der Waals surface area (Å²) >= 11 is 3.19. The van der Waals surface area contributed by atoms with Crippen molar-refractivity contribution in [3.8, 4) is 0 Å². The van der Waals surface area contributed by atoms with E-state index in [1.54, 1.807) is 13.0 Å². The predicted molar refractivity (Wildman–Crippen MR) is 68.3 cm³/mol. The molecule has 1 amide bonds. The Morgan fingerprint density at radius 3 is 2.72 bits per heavy atom. The molecular formula is C11H13BrN2O4. The fourth-order valence-electron chi connectivity index (χ4n) is 1.36. The van der Waals surface area contributed by atoms with Crippen molar-refractivity contribution < 1.29 is 14.7 Å². The van der Waals surface area contributed by atoms with E-state index in [9.17, 15) is 14.4 Å². The SMILES string of the molecule is CCC(NC(=O)Cn1cc(Br)ccc1=O)C(=O)O. The van der Waals surface area contributed by atoms with Crippen LogP contribution in [-0.2, 0) is 16.1 Å². The molecule has 2 N–H and O–H groups in total. The van der Waals surface area contributed by atoms with E-state index in [-0.39, 0.29) is 18.5 Å². The molecule has 7 heteroatoms. The fraction of sp³-hybridized carbons (Fsp3) is 0.364. The van der Waals surface area contributed by atoms with Gasteiger partial charge in [-0.15, -0.1) is 0 Å². The van der Waals surface area contributed by atoms with Crippen molar-refractivity contribution in [3.05, 3.63) is 33.2 Å². The molecule has 0 aliphatic carbocycles. The largest absolute Gasteiger partial charge is 0.480 e. The third-order valence-electron chi connectivity index (χ3n) is 2.30. The summed E-state index contributed by atoms with van der Waals surface area (Å²) in [5, 5.41) is 11.1. The summed E-state index contributed by atoms with van der Waals surface area (Å²) in [6, 6.07) is 1.97. The zero-order valence-electron chi connectivity index (χ0n) is 9.72. The lowest BCUT2D eigenvalue weighted by Crippen LogP contribution is -2.42. The topological polar surface area (TPSA) is 88.4 Å². The number of hydrogen-bond acceptors (Lipinski definition) is 3. The Morgan fingerprint density at radius 2 is 2.17 bits per heavy atom. The molecule has 1 rings (SSSR count). The Bertz CT molecular complexity index is 512. The van der Waals surface area contributed by atoms with Gasteiger partial charge in [-0.1, -0.05) is 6.92 Å². The lowest BCUT2D eigenvalue weighted by atomic mass is 10.2. The molecule has 0 aliphatic rings. The Hall–Kier alpha value is -1.63. The van der Waals surface area contributed by atoms with Gasteiger partial charge in [0, 0.05) is 16.7 Å². The van der Waals surface area contributed by atoms with Crippen LogP contribution in [0.3, 0.4) is 0 Å². The number of hydrogen-bond donors (Lipinski definition) is 2. The van der Waals surface area contributed by atoms with Crippen molar-refractivity contribution >= 4 is 27.8 Å². The number of amides is 1. The van der Waals surface area contributed by atoms with Crippen molar-refractivity contribution in [1.29, 1.82) is 0 Å². The average molecular weight is 317 g/mol. The lowest BCUT2D eigenvalue weighted by molar-refractivity contribution is -0.142. The van der Waals surface area contributed by atoms with E-state index in [1.807, 2.05) is 0 Å². The van der Waals surface area contributed by atoms with Crippen LogP contribution in [0.25, 0.3) is 0 Å². The third kappa shape index (κ3) is 3.99. The molecule has 0 aliphatic heterocycles. The zero-order chi connectivity index (χ0) is 13.7. The number of rotatable bonds is 5. The first-order valence-corrected chi connectivity index (χ1v) is 6.11. The van der Waals surface area contributed by atoms with Crippen LogP contribution in [0.1, 0.15) is 13.3 Å². The highest BCUT2D eigenvalue weighted by atomic mass is 79.9. The number of carboxylic acid groups (broad SMARTS) is 1. The minimum Gasteiger partial charge on any atom is -0.480 e. The van der Waals surface area contributed by atoms with Gasteiger partial charge < -0.3 is 15.0 Å². The van der Waals surface area contributed by atoms with E-state index in [0.717, 1.165) is 0 Å². The Kier molecular flexibility index (Phi) is 5.08. The molecule has 0 saturated heterocycles. The maximum Gasteiger partial charge on any atom is 0.326 e. The summed E-state index contributed by atoms with van der Waals surface area (Å²) in [5.41, 5.74) is -0.322. The highest BCUT2D eigenvalue weighted by Gasteiger charge is 2.17. The number of carboxylic acids is 1. The van der Waals surface area contributed by atoms with Crippen LogP contribution in [0.15, 0.2) is 27.6 Å². The van der Waals surface area contributed by atoms with Gasteiger partial charge in [0.1, 0.15) is 12.6 Å². The molecule has 0 fully saturated rings. The molecule has 1 heterocycles. The highest BCUT2D eigenvalue weighted by Crippen LogP contribution is 2.04. The number of halogens is 1. The number of pyridine rings is 1. The lowest BCUT2D eigenvalue weighted by Gasteiger charge is -2.13. The number of aromatic nitrogens is 1. The maximum absolute atomic E-state index is 11.6. The molecule has 6 nitrogen and oxygen atoms in total.